The number of nitriles is 1. The molecule has 176 valence electrons. The number of aliphatic carboxylic acids is 1. The standard InChI is InChI=1S/C28H30N2O4/c1-19-11-7-8-15-23(19)25-24(26(31)32)20(2)30-21(3)28(25,16-10-17-29)27(33)34-18-9-14-22-12-5-4-6-13-22/h4-9,11-15,21,25,30H,10,16,18H2,1-3H3,(H,31,32). The Labute approximate surface area is 200 Å². The zero-order valence-corrected chi connectivity index (χ0v) is 19.7. The molecular formula is C28H30N2O4. The summed E-state index contributed by atoms with van der Waals surface area (Å²) >= 11 is 0. The van der Waals surface area contributed by atoms with E-state index in [0.717, 1.165) is 16.7 Å². The number of carbonyl (C=O) groups is 2. The highest BCUT2D eigenvalue weighted by Gasteiger charge is 2.57. The van der Waals surface area contributed by atoms with Crippen molar-refractivity contribution in [3.8, 4) is 6.07 Å². The monoisotopic (exact) mass is 458 g/mol. The Hall–Kier alpha value is -3.85. The van der Waals surface area contributed by atoms with Gasteiger partial charge >= 0.3 is 11.9 Å². The molecule has 0 aromatic heterocycles. The van der Waals surface area contributed by atoms with Gasteiger partial charge < -0.3 is 15.2 Å². The van der Waals surface area contributed by atoms with Gasteiger partial charge in [0.25, 0.3) is 0 Å². The van der Waals surface area contributed by atoms with Crippen molar-refractivity contribution in [3.05, 3.63) is 88.6 Å². The first-order chi connectivity index (χ1) is 16.3. The molecule has 6 heteroatoms. The van der Waals surface area contributed by atoms with Crippen molar-refractivity contribution in [2.24, 2.45) is 5.41 Å². The van der Waals surface area contributed by atoms with Gasteiger partial charge in [0.2, 0.25) is 0 Å². The average Bonchev–Trinajstić information content (AvgIpc) is 2.81. The van der Waals surface area contributed by atoms with Crippen LogP contribution in [0.4, 0.5) is 0 Å². The summed E-state index contributed by atoms with van der Waals surface area (Å²) in [5.74, 6) is -2.37. The van der Waals surface area contributed by atoms with Crippen LogP contribution >= 0.6 is 0 Å². The highest BCUT2D eigenvalue weighted by molar-refractivity contribution is 5.93. The summed E-state index contributed by atoms with van der Waals surface area (Å²) in [5.41, 5.74) is 1.98. The molecule has 3 atom stereocenters. The van der Waals surface area contributed by atoms with Crippen LogP contribution in [0.1, 0.15) is 49.3 Å². The van der Waals surface area contributed by atoms with Crippen LogP contribution in [-0.2, 0) is 14.3 Å². The molecule has 34 heavy (non-hydrogen) atoms. The van der Waals surface area contributed by atoms with E-state index in [1.54, 1.807) is 13.0 Å². The lowest BCUT2D eigenvalue weighted by molar-refractivity contribution is -0.159. The van der Waals surface area contributed by atoms with Crippen LogP contribution in [0.15, 0.2) is 71.9 Å². The van der Waals surface area contributed by atoms with Crippen LogP contribution in [0.3, 0.4) is 0 Å². The van der Waals surface area contributed by atoms with Crippen LogP contribution in [0.2, 0.25) is 0 Å². The summed E-state index contributed by atoms with van der Waals surface area (Å²) in [6.07, 6.45) is 3.88. The van der Waals surface area contributed by atoms with Gasteiger partial charge in [0, 0.05) is 24.1 Å². The maximum Gasteiger partial charge on any atom is 0.333 e. The first-order valence-corrected chi connectivity index (χ1v) is 11.3. The van der Waals surface area contributed by atoms with Crippen LogP contribution in [0.5, 0.6) is 0 Å². The van der Waals surface area contributed by atoms with E-state index in [2.05, 4.69) is 11.4 Å². The Kier molecular flexibility index (Phi) is 7.91. The molecule has 3 rings (SSSR count). The van der Waals surface area contributed by atoms with E-state index >= 15 is 0 Å². The molecule has 2 N–H and O–H groups in total. The van der Waals surface area contributed by atoms with E-state index in [9.17, 15) is 20.0 Å². The summed E-state index contributed by atoms with van der Waals surface area (Å²) in [6, 6.07) is 18.8. The average molecular weight is 459 g/mol. The number of hydrogen-bond acceptors (Lipinski definition) is 5. The summed E-state index contributed by atoms with van der Waals surface area (Å²) in [6.45, 7) is 5.51. The zero-order chi connectivity index (χ0) is 24.7. The highest BCUT2D eigenvalue weighted by atomic mass is 16.5. The lowest BCUT2D eigenvalue weighted by atomic mass is 9.59. The smallest absolute Gasteiger partial charge is 0.333 e. The number of rotatable bonds is 8. The summed E-state index contributed by atoms with van der Waals surface area (Å²) in [4.78, 5) is 26.2. The second kappa shape index (κ2) is 10.8. The SMILES string of the molecule is CC1=C(C(=O)O)C(c2ccccc2C)C(CCC#N)(C(=O)OCC=Cc2ccccc2)C(C)N1. The third-order valence-electron chi connectivity index (χ3n) is 6.59. The van der Waals surface area contributed by atoms with Crippen molar-refractivity contribution >= 4 is 18.0 Å². The molecular weight excluding hydrogens is 428 g/mol. The molecule has 0 amide bonds. The molecule has 1 aliphatic heterocycles. The Morgan fingerprint density at radius 3 is 2.47 bits per heavy atom. The molecule has 3 unspecified atom stereocenters. The van der Waals surface area contributed by atoms with Crippen molar-refractivity contribution in [2.45, 2.75) is 45.6 Å². The number of carbonyl (C=O) groups excluding carboxylic acids is 1. The van der Waals surface area contributed by atoms with Crippen LogP contribution < -0.4 is 5.32 Å². The predicted molar refractivity (Wildman–Crippen MR) is 131 cm³/mol. The fourth-order valence-corrected chi connectivity index (χ4v) is 4.91. The number of aryl methyl sites for hydroxylation is 1. The fraction of sp³-hybridized carbons (Fsp3) is 0.321. The zero-order valence-electron chi connectivity index (χ0n) is 19.7. The molecule has 1 heterocycles. The Balaban J connectivity index is 2.06. The largest absolute Gasteiger partial charge is 0.478 e. The molecule has 2 aromatic rings. The number of carboxylic acid groups (broad SMARTS) is 1. The molecule has 1 aliphatic rings. The molecule has 0 saturated carbocycles. The van der Waals surface area contributed by atoms with Gasteiger partial charge in [-0.3, -0.25) is 4.79 Å². The van der Waals surface area contributed by atoms with Crippen molar-refractivity contribution in [2.75, 3.05) is 6.61 Å². The number of hydrogen-bond donors (Lipinski definition) is 2. The third-order valence-corrected chi connectivity index (χ3v) is 6.59. The van der Waals surface area contributed by atoms with Gasteiger partial charge in [0.05, 0.1) is 17.1 Å². The minimum atomic E-state index is -1.27. The van der Waals surface area contributed by atoms with Gasteiger partial charge in [0.15, 0.2) is 0 Å². The van der Waals surface area contributed by atoms with Crippen LogP contribution in [-0.4, -0.2) is 29.7 Å². The van der Waals surface area contributed by atoms with Gasteiger partial charge in [0.1, 0.15) is 6.61 Å². The Morgan fingerprint density at radius 2 is 1.82 bits per heavy atom. The third kappa shape index (κ3) is 4.89. The van der Waals surface area contributed by atoms with E-state index in [1.807, 2.05) is 74.5 Å². The molecule has 0 aliphatic carbocycles. The number of ether oxygens (including phenoxy) is 1. The van der Waals surface area contributed by atoms with Crippen molar-refractivity contribution in [1.82, 2.24) is 5.32 Å². The second-order valence-corrected chi connectivity index (χ2v) is 8.61. The molecule has 0 bridgehead atoms. The van der Waals surface area contributed by atoms with Gasteiger partial charge in [-0.1, -0.05) is 60.7 Å². The quantitative estimate of drug-likeness (QED) is 0.542. The number of benzene rings is 2. The fourth-order valence-electron chi connectivity index (χ4n) is 4.91. The lowest BCUT2D eigenvalue weighted by Crippen LogP contribution is -2.57. The highest BCUT2D eigenvalue weighted by Crippen LogP contribution is 2.52. The maximum atomic E-state index is 13.8. The maximum absolute atomic E-state index is 13.8. The number of esters is 1. The normalized spacial score (nSPS) is 22.2. The Bertz CT molecular complexity index is 1150. The predicted octanol–water partition coefficient (Wildman–Crippen LogP) is 4.98. The van der Waals surface area contributed by atoms with E-state index in [0.29, 0.717) is 5.70 Å². The minimum Gasteiger partial charge on any atom is -0.478 e. The van der Waals surface area contributed by atoms with Gasteiger partial charge in [-0.2, -0.15) is 5.26 Å². The van der Waals surface area contributed by atoms with Crippen molar-refractivity contribution < 1.29 is 19.4 Å². The van der Waals surface area contributed by atoms with Crippen LogP contribution in [0.25, 0.3) is 6.08 Å². The number of nitrogens with zero attached hydrogens (tertiary/aromatic N) is 1. The number of nitrogens with one attached hydrogen (secondary N) is 1. The topological polar surface area (TPSA) is 99.4 Å². The van der Waals surface area contributed by atoms with E-state index in [4.69, 9.17) is 4.74 Å². The van der Waals surface area contributed by atoms with Crippen molar-refractivity contribution in [1.29, 1.82) is 5.26 Å². The number of allylic oxidation sites excluding steroid dienone is 1. The minimum absolute atomic E-state index is 0.0420. The van der Waals surface area contributed by atoms with Gasteiger partial charge in [-0.25, -0.2) is 4.79 Å². The van der Waals surface area contributed by atoms with E-state index in [-0.39, 0.29) is 25.0 Å². The van der Waals surface area contributed by atoms with Gasteiger partial charge in [-0.05, 0) is 50.0 Å². The molecule has 0 saturated heterocycles. The molecule has 2 aromatic carbocycles. The Morgan fingerprint density at radius 1 is 1.15 bits per heavy atom. The van der Waals surface area contributed by atoms with Gasteiger partial charge in [-0.15, -0.1) is 0 Å². The summed E-state index contributed by atoms with van der Waals surface area (Å²) in [7, 11) is 0. The first kappa shape index (κ1) is 24.8. The van der Waals surface area contributed by atoms with E-state index < -0.39 is 29.3 Å². The first-order valence-electron chi connectivity index (χ1n) is 11.3. The molecule has 0 fully saturated rings. The molecule has 0 radical (unpaired) electrons. The number of carboxylic acids is 1. The summed E-state index contributed by atoms with van der Waals surface area (Å²) in [5, 5.41) is 22.8. The van der Waals surface area contributed by atoms with E-state index in [1.165, 1.54) is 0 Å². The summed E-state index contributed by atoms with van der Waals surface area (Å²) < 4.78 is 5.74. The van der Waals surface area contributed by atoms with Crippen molar-refractivity contribution in [3.63, 3.8) is 0 Å². The molecule has 6 nitrogen and oxygen atoms in total. The second-order valence-electron chi connectivity index (χ2n) is 8.61. The van der Waals surface area contributed by atoms with Crippen LogP contribution in [0, 0.1) is 23.7 Å². The molecule has 0 spiro atoms. The lowest BCUT2D eigenvalue weighted by Gasteiger charge is -2.48.